The number of anilines is 1. The van der Waals surface area contributed by atoms with Crippen molar-refractivity contribution in [2.24, 2.45) is 5.10 Å². The quantitative estimate of drug-likeness (QED) is 0.858. The van der Waals surface area contributed by atoms with Crippen LogP contribution in [0.5, 0.6) is 0 Å². The molecule has 1 aromatic carbocycles. The molecule has 0 fully saturated rings. The van der Waals surface area contributed by atoms with E-state index in [2.05, 4.69) is 10.4 Å². The number of hydrazone groups is 1. The molecule has 1 aliphatic rings. The SMILES string of the molecule is CN1N=C(C(=O)Nc2ccc(CC(=O)O)cc2)CCC1=O. The Morgan fingerprint density at radius 1 is 1.29 bits per heavy atom. The maximum absolute atomic E-state index is 12.0. The van der Waals surface area contributed by atoms with Crippen molar-refractivity contribution < 1.29 is 19.5 Å². The van der Waals surface area contributed by atoms with E-state index in [0.717, 1.165) is 5.01 Å². The number of carbonyl (C=O) groups is 3. The second-order valence-electron chi connectivity index (χ2n) is 4.69. The van der Waals surface area contributed by atoms with E-state index in [9.17, 15) is 14.4 Å². The third-order valence-electron chi connectivity index (χ3n) is 3.04. The minimum Gasteiger partial charge on any atom is -0.481 e. The summed E-state index contributed by atoms with van der Waals surface area (Å²) in [6.07, 6.45) is 0.514. The van der Waals surface area contributed by atoms with Crippen LogP contribution in [0.4, 0.5) is 5.69 Å². The van der Waals surface area contributed by atoms with Crippen LogP contribution in [-0.4, -0.2) is 40.7 Å². The van der Waals surface area contributed by atoms with Gasteiger partial charge in [-0.25, -0.2) is 5.01 Å². The largest absolute Gasteiger partial charge is 0.481 e. The van der Waals surface area contributed by atoms with Crippen LogP contribution in [0.25, 0.3) is 0 Å². The van der Waals surface area contributed by atoms with Gasteiger partial charge in [0.2, 0.25) is 5.91 Å². The van der Waals surface area contributed by atoms with Gasteiger partial charge in [0.15, 0.2) is 0 Å². The number of hydrogen-bond acceptors (Lipinski definition) is 4. The number of aliphatic carboxylic acids is 1. The molecule has 0 radical (unpaired) electrons. The molecular formula is C14H15N3O4. The molecule has 0 aliphatic carbocycles. The molecule has 0 spiro atoms. The fourth-order valence-corrected chi connectivity index (χ4v) is 1.92. The zero-order chi connectivity index (χ0) is 15.4. The number of carboxylic acids is 1. The van der Waals surface area contributed by atoms with Crippen LogP contribution in [0.1, 0.15) is 18.4 Å². The first-order valence-corrected chi connectivity index (χ1v) is 6.42. The Morgan fingerprint density at radius 2 is 1.95 bits per heavy atom. The van der Waals surface area contributed by atoms with Crippen LogP contribution in [-0.2, 0) is 20.8 Å². The minimum absolute atomic E-state index is 0.0617. The molecule has 0 saturated carbocycles. The molecule has 2 N–H and O–H groups in total. The molecule has 2 rings (SSSR count). The van der Waals surface area contributed by atoms with Gasteiger partial charge >= 0.3 is 5.97 Å². The number of nitrogens with one attached hydrogen (secondary N) is 1. The molecule has 1 aromatic rings. The molecule has 0 bridgehead atoms. The first-order chi connectivity index (χ1) is 9.95. The molecule has 0 saturated heterocycles. The second-order valence-corrected chi connectivity index (χ2v) is 4.69. The normalized spacial score (nSPS) is 14.6. The summed E-state index contributed by atoms with van der Waals surface area (Å²) in [6.45, 7) is 0. The molecule has 0 aromatic heterocycles. The van der Waals surface area contributed by atoms with Gasteiger partial charge < -0.3 is 10.4 Å². The van der Waals surface area contributed by atoms with Crippen molar-refractivity contribution in [2.75, 3.05) is 12.4 Å². The molecule has 110 valence electrons. The van der Waals surface area contributed by atoms with Crippen molar-refractivity contribution in [3.63, 3.8) is 0 Å². The van der Waals surface area contributed by atoms with Gasteiger partial charge in [0, 0.05) is 25.6 Å². The average molecular weight is 289 g/mol. The highest BCUT2D eigenvalue weighted by Gasteiger charge is 2.21. The Labute approximate surface area is 121 Å². The first kappa shape index (κ1) is 14.7. The maximum Gasteiger partial charge on any atom is 0.307 e. The highest BCUT2D eigenvalue weighted by Crippen LogP contribution is 2.12. The third-order valence-corrected chi connectivity index (χ3v) is 3.04. The van der Waals surface area contributed by atoms with Crippen LogP contribution in [0, 0.1) is 0 Å². The summed E-state index contributed by atoms with van der Waals surface area (Å²) >= 11 is 0. The van der Waals surface area contributed by atoms with Gasteiger partial charge in [-0.1, -0.05) is 12.1 Å². The van der Waals surface area contributed by atoms with Gasteiger partial charge in [-0.2, -0.15) is 5.10 Å². The number of benzene rings is 1. The highest BCUT2D eigenvalue weighted by molar-refractivity contribution is 6.43. The Kier molecular flexibility index (Phi) is 4.32. The molecule has 7 nitrogen and oxygen atoms in total. The van der Waals surface area contributed by atoms with Crippen molar-refractivity contribution in [3.8, 4) is 0 Å². The summed E-state index contributed by atoms with van der Waals surface area (Å²) in [4.78, 5) is 33.9. The van der Waals surface area contributed by atoms with E-state index >= 15 is 0 Å². The Hall–Kier alpha value is -2.70. The Bertz CT molecular complexity index is 607. The van der Waals surface area contributed by atoms with Gasteiger partial charge in [-0.05, 0) is 17.7 Å². The predicted octanol–water partition coefficient (Wildman–Crippen LogP) is 0.860. The summed E-state index contributed by atoms with van der Waals surface area (Å²) in [5, 5.41) is 16.4. The maximum atomic E-state index is 12.0. The zero-order valence-corrected chi connectivity index (χ0v) is 11.5. The molecule has 7 heteroatoms. The van der Waals surface area contributed by atoms with Gasteiger partial charge in [-0.3, -0.25) is 14.4 Å². The molecule has 0 unspecified atom stereocenters. The van der Waals surface area contributed by atoms with Gasteiger partial charge in [-0.15, -0.1) is 0 Å². The molecule has 2 amide bonds. The highest BCUT2D eigenvalue weighted by atomic mass is 16.4. The van der Waals surface area contributed by atoms with E-state index in [-0.39, 0.29) is 24.7 Å². The number of carbonyl (C=O) groups excluding carboxylic acids is 2. The number of hydrogen-bond donors (Lipinski definition) is 2. The van der Waals surface area contributed by atoms with Crippen LogP contribution >= 0.6 is 0 Å². The van der Waals surface area contributed by atoms with Crippen LogP contribution in [0.2, 0.25) is 0 Å². The average Bonchev–Trinajstić information content (AvgIpc) is 2.43. The van der Waals surface area contributed by atoms with Crippen LogP contribution in [0.15, 0.2) is 29.4 Å². The Balaban J connectivity index is 2.01. The molecule has 1 heterocycles. The number of rotatable bonds is 4. The molecule has 0 atom stereocenters. The monoisotopic (exact) mass is 289 g/mol. The fraction of sp³-hybridized carbons (Fsp3) is 0.286. The lowest BCUT2D eigenvalue weighted by Crippen LogP contribution is -2.34. The number of nitrogens with zero attached hydrogens (tertiary/aromatic N) is 2. The molecule has 1 aliphatic heterocycles. The van der Waals surface area contributed by atoms with E-state index in [1.165, 1.54) is 7.05 Å². The lowest BCUT2D eigenvalue weighted by atomic mass is 10.1. The van der Waals surface area contributed by atoms with E-state index in [1.54, 1.807) is 24.3 Å². The summed E-state index contributed by atoms with van der Waals surface area (Å²) < 4.78 is 0. The molecular weight excluding hydrogens is 274 g/mol. The van der Waals surface area contributed by atoms with Crippen molar-refractivity contribution in [1.82, 2.24) is 5.01 Å². The lowest BCUT2D eigenvalue weighted by Gasteiger charge is -2.18. The third kappa shape index (κ3) is 3.88. The summed E-state index contributed by atoms with van der Waals surface area (Å²) in [7, 11) is 1.51. The van der Waals surface area contributed by atoms with Gasteiger partial charge in [0.1, 0.15) is 5.71 Å². The van der Waals surface area contributed by atoms with Crippen molar-refractivity contribution in [2.45, 2.75) is 19.3 Å². The van der Waals surface area contributed by atoms with Gasteiger partial charge in [0.25, 0.3) is 5.91 Å². The zero-order valence-electron chi connectivity index (χ0n) is 11.5. The van der Waals surface area contributed by atoms with E-state index < -0.39 is 5.97 Å². The van der Waals surface area contributed by atoms with Gasteiger partial charge in [0.05, 0.1) is 6.42 Å². The summed E-state index contributed by atoms with van der Waals surface area (Å²) in [5.74, 6) is -1.39. The smallest absolute Gasteiger partial charge is 0.307 e. The summed E-state index contributed by atoms with van der Waals surface area (Å²) in [5.41, 5.74) is 1.50. The van der Waals surface area contributed by atoms with E-state index in [0.29, 0.717) is 23.4 Å². The minimum atomic E-state index is -0.906. The van der Waals surface area contributed by atoms with Crippen LogP contribution in [0.3, 0.4) is 0 Å². The predicted molar refractivity (Wildman–Crippen MR) is 75.9 cm³/mol. The fourth-order valence-electron chi connectivity index (χ4n) is 1.92. The first-order valence-electron chi connectivity index (χ1n) is 6.42. The van der Waals surface area contributed by atoms with E-state index in [4.69, 9.17) is 5.11 Å². The lowest BCUT2D eigenvalue weighted by molar-refractivity contribution is -0.136. The second kappa shape index (κ2) is 6.17. The van der Waals surface area contributed by atoms with Crippen molar-refractivity contribution >= 4 is 29.2 Å². The summed E-state index contributed by atoms with van der Waals surface area (Å²) in [6, 6.07) is 6.55. The van der Waals surface area contributed by atoms with E-state index in [1.807, 2.05) is 0 Å². The topological polar surface area (TPSA) is 99.1 Å². The number of amides is 2. The molecule has 21 heavy (non-hydrogen) atoms. The van der Waals surface area contributed by atoms with Crippen LogP contribution < -0.4 is 5.32 Å². The Morgan fingerprint density at radius 3 is 2.52 bits per heavy atom. The standard InChI is InChI=1S/C14H15N3O4/c1-17-12(18)7-6-11(16-17)14(21)15-10-4-2-9(3-5-10)8-13(19)20/h2-5H,6-8H2,1H3,(H,15,21)(H,19,20). The van der Waals surface area contributed by atoms with Crippen molar-refractivity contribution in [3.05, 3.63) is 29.8 Å². The number of carboxylic acid groups (broad SMARTS) is 1. The van der Waals surface area contributed by atoms with Crippen molar-refractivity contribution in [1.29, 1.82) is 0 Å².